The van der Waals surface area contributed by atoms with Crippen molar-refractivity contribution in [2.45, 2.75) is 97.6 Å². The maximum Gasteiger partial charge on any atom is 0.303 e. The molecule has 0 radical (unpaired) electrons. The lowest BCUT2D eigenvalue weighted by Crippen LogP contribution is -2.56. The number of carbonyl (C=O) groups excluding carboxylic acids is 3. The maximum atomic E-state index is 12.0. The number of ether oxygens (including phenoxy) is 3. The third-order valence-electron chi connectivity index (χ3n) is 8.92. The predicted octanol–water partition coefficient (Wildman–Crippen LogP) is 3.33. The van der Waals surface area contributed by atoms with Gasteiger partial charge in [-0.15, -0.1) is 0 Å². The molecule has 178 valence electrons. The molecule has 7 nitrogen and oxygen atoms in total. The lowest BCUT2D eigenvalue weighted by molar-refractivity contribution is -0.170. The molecule has 0 aliphatic heterocycles. The molecule has 4 aliphatic carbocycles. The van der Waals surface area contributed by atoms with Gasteiger partial charge in [-0.1, -0.05) is 19.4 Å². The monoisotopic (exact) mass is 448 g/mol. The molecular formula is C25H36O7. The van der Waals surface area contributed by atoms with Crippen LogP contribution in [0.2, 0.25) is 0 Å². The molecule has 4 aliphatic rings. The van der Waals surface area contributed by atoms with Gasteiger partial charge in [0.1, 0.15) is 18.3 Å². The van der Waals surface area contributed by atoms with Crippen LogP contribution in [0.5, 0.6) is 0 Å². The molecule has 0 aromatic carbocycles. The first kappa shape index (κ1) is 23.3. The minimum absolute atomic E-state index is 0.0480. The van der Waals surface area contributed by atoms with E-state index < -0.39 is 18.3 Å². The zero-order valence-corrected chi connectivity index (χ0v) is 19.8. The highest BCUT2D eigenvalue weighted by Crippen LogP contribution is 2.65. The van der Waals surface area contributed by atoms with Gasteiger partial charge in [0.2, 0.25) is 0 Å². The lowest BCUT2D eigenvalue weighted by Gasteiger charge is -2.59. The van der Waals surface area contributed by atoms with Gasteiger partial charge in [0.05, 0.1) is 6.10 Å². The van der Waals surface area contributed by atoms with E-state index in [0.29, 0.717) is 12.8 Å². The zero-order chi connectivity index (χ0) is 23.4. The number of hydrogen-bond acceptors (Lipinski definition) is 7. The second-order valence-corrected chi connectivity index (χ2v) is 10.8. The molecule has 9 atom stereocenters. The van der Waals surface area contributed by atoms with Crippen LogP contribution in [0, 0.1) is 28.6 Å². The van der Waals surface area contributed by atoms with Crippen molar-refractivity contribution >= 4 is 17.9 Å². The van der Waals surface area contributed by atoms with E-state index in [2.05, 4.69) is 19.9 Å². The number of fused-ring (bicyclic) bond motifs is 5. The SMILES string of the molecule is CC(=O)O[C@@H]1CC[C@@]2(C)C(=C[C@@H](OC(C)=O)[C@H]3[C@@H]4C[C@@H](O)[C@H](OC(C)=O)[C@@]4(C)CC[C@@H]32)C1. The molecule has 7 heteroatoms. The standard InChI is InChI=1S/C25H36O7/c1-13(26)30-17-6-8-24(4)16(10-17)11-21(31-14(2)27)22-18(24)7-9-25(5)19(22)12-20(29)23(25)32-15(3)28/h11,17-23,29H,6-10,12H2,1-5H3/t17-,18+,19+,20-,21-,22-,23+,24+,25+/m1/s1. The number of esters is 3. The smallest absolute Gasteiger partial charge is 0.303 e. The van der Waals surface area contributed by atoms with Crippen LogP contribution in [0.15, 0.2) is 11.6 Å². The lowest BCUT2D eigenvalue weighted by atomic mass is 9.47. The van der Waals surface area contributed by atoms with Gasteiger partial charge in [0.25, 0.3) is 0 Å². The van der Waals surface area contributed by atoms with Gasteiger partial charge in [0.15, 0.2) is 0 Å². The van der Waals surface area contributed by atoms with Crippen LogP contribution in [-0.2, 0) is 28.6 Å². The van der Waals surface area contributed by atoms with Gasteiger partial charge in [0, 0.05) is 38.5 Å². The summed E-state index contributed by atoms with van der Waals surface area (Å²) in [5.41, 5.74) is 0.784. The summed E-state index contributed by atoms with van der Waals surface area (Å²) in [5.74, 6) is -0.571. The Labute approximate surface area is 189 Å². The fourth-order valence-corrected chi connectivity index (χ4v) is 7.59. The molecule has 3 saturated carbocycles. The van der Waals surface area contributed by atoms with E-state index in [1.165, 1.54) is 26.3 Å². The summed E-state index contributed by atoms with van der Waals surface area (Å²) in [7, 11) is 0. The summed E-state index contributed by atoms with van der Waals surface area (Å²) in [6.45, 7) is 8.66. The molecule has 4 rings (SSSR count). The second-order valence-electron chi connectivity index (χ2n) is 10.8. The largest absolute Gasteiger partial charge is 0.462 e. The van der Waals surface area contributed by atoms with Gasteiger partial charge in [-0.05, 0) is 55.4 Å². The van der Waals surface area contributed by atoms with Gasteiger partial charge in [-0.25, -0.2) is 0 Å². The van der Waals surface area contributed by atoms with Crippen molar-refractivity contribution in [3.8, 4) is 0 Å². The number of hydrogen-bond donors (Lipinski definition) is 1. The first-order valence-corrected chi connectivity index (χ1v) is 11.9. The fraction of sp³-hybridized carbons (Fsp3) is 0.800. The van der Waals surface area contributed by atoms with Crippen molar-refractivity contribution in [2.75, 3.05) is 0 Å². The number of aliphatic hydroxyl groups excluding tert-OH is 1. The summed E-state index contributed by atoms with van der Waals surface area (Å²) in [6, 6.07) is 0. The van der Waals surface area contributed by atoms with Gasteiger partial charge < -0.3 is 19.3 Å². The average Bonchev–Trinajstić information content (AvgIpc) is 2.92. The summed E-state index contributed by atoms with van der Waals surface area (Å²) >= 11 is 0. The first-order valence-electron chi connectivity index (χ1n) is 11.9. The Morgan fingerprint density at radius 1 is 0.938 bits per heavy atom. The highest BCUT2D eigenvalue weighted by atomic mass is 16.6. The van der Waals surface area contributed by atoms with Crippen molar-refractivity contribution in [1.29, 1.82) is 0 Å². The van der Waals surface area contributed by atoms with Crippen molar-refractivity contribution < 1.29 is 33.7 Å². The Kier molecular flexibility index (Phi) is 5.93. The van der Waals surface area contributed by atoms with Crippen LogP contribution in [-0.4, -0.2) is 47.4 Å². The summed E-state index contributed by atoms with van der Waals surface area (Å²) < 4.78 is 17.0. The molecule has 0 aromatic rings. The highest BCUT2D eigenvalue weighted by molar-refractivity contribution is 5.67. The van der Waals surface area contributed by atoms with E-state index >= 15 is 0 Å². The topological polar surface area (TPSA) is 99.1 Å². The summed E-state index contributed by atoms with van der Waals surface area (Å²) in [5, 5.41) is 10.9. The van der Waals surface area contributed by atoms with Crippen LogP contribution in [0.3, 0.4) is 0 Å². The average molecular weight is 449 g/mol. The molecule has 0 aromatic heterocycles. The van der Waals surface area contributed by atoms with Crippen molar-refractivity contribution in [3.63, 3.8) is 0 Å². The molecule has 0 saturated heterocycles. The van der Waals surface area contributed by atoms with Gasteiger partial charge >= 0.3 is 17.9 Å². The highest BCUT2D eigenvalue weighted by Gasteiger charge is 2.64. The molecule has 1 N–H and O–H groups in total. The minimum Gasteiger partial charge on any atom is -0.462 e. The van der Waals surface area contributed by atoms with E-state index in [9.17, 15) is 19.5 Å². The number of carbonyl (C=O) groups is 3. The van der Waals surface area contributed by atoms with E-state index in [4.69, 9.17) is 14.2 Å². The molecule has 3 fully saturated rings. The second kappa shape index (κ2) is 8.15. The Bertz CT molecular complexity index is 834. The van der Waals surface area contributed by atoms with Crippen LogP contribution in [0.25, 0.3) is 0 Å². The van der Waals surface area contributed by atoms with Crippen LogP contribution in [0.1, 0.15) is 73.1 Å². The molecule has 0 spiro atoms. The number of aliphatic hydroxyl groups is 1. The van der Waals surface area contributed by atoms with E-state index in [-0.39, 0.29) is 52.6 Å². The van der Waals surface area contributed by atoms with Crippen LogP contribution < -0.4 is 0 Å². The van der Waals surface area contributed by atoms with E-state index in [0.717, 1.165) is 25.7 Å². The first-order chi connectivity index (χ1) is 15.0. The van der Waals surface area contributed by atoms with Crippen molar-refractivity contribution in [1.82, 2.24) is 0 Å². The Morgan fingerprint density at radius 3 is 2.22 bits per heavy atom. The van der Waals surface area contributed by atoms with E-state index in [1.54, 1.807) is 0 Å². The normalized spacial score (nSPS) is 44.9. The molecule has 0 bridgehead atoms. The summed E-state index contributed by atoms with van der Waals surface area (Å²) in [4.78, 5) is 35.3. The minimum atomic E-state index is -0.719. The maximum absolute atomic E-state index is 12.0. The molecule has 32 heavy (non-hydrogen) atoms. The quantitative estimate of drug-likeness (QED) is 0.402. The number of rotatable bonds is 3. The Morgan fingerprint density at radius 2 is 1.59 bits per heavy atom. The van der Waals surface area contributed by atoms with Gasteiger partial charge in [-0.3, -0.25) is 14.4 Å². The Balaban J connectivity index is 1.71. The fourth-order valence-electron chi connectivity index (χ4n) is 7.59. The van der Waals surface area contributed by atoms with Crippen molar-refractivity contribution in [2.24, 2.45) is 28.6 Å². The summed E-state index contributed by atoms with van der Waals surface area (Å²) in [6.07, 6.45) is 4.96. The Hall–Kier alpha value is -1.89. The molecule has 0 amide bonds. The third kappa shape index (κ3) is 3.76. The van der Waals surface area contributed by atoms with E-state index in [1.807, 2.05) is 0 Å². The molecule has 0 unspecified atom stereocenters. The molecular weight excluding hydrogens is 412 g/mol. The van der Waals surface area contributed by atoms with Crippen LogP contribution >= 0.6 is 0 Å². The van der Waals surface area contributed by atoms with Crippen molar-refractivity contribution in [3.05, 3.63) is 11.6 Å². The molecule has 0 heterocycles. The zero-order valence-electron chi connectivity index (χ0n) is 19.8. The predicted molar refractivity (Wildman–Crippen MR) is 115 cm³/mol. The van der Waals surface area contributed by atoms with Crippen LogP contribution in [0.4, 0.5) is 0 Å². The third-order valence-corrected chi connectivity index (χ3v) is 8.92. The van der Waals surface area contributed by atoms with Gasteiger partial charge in [-0.2, -0.15) is 0 Å².